The molecule has 0 aromatic carbocycles. The number of terminal acetylenes is 1. The van der Waals surface area contributed by atoms with Gasteiger partial charge in [0.25, 0.3) is 0 Å². The Balaban J connectivity index is 2.25. The van der Waals surface area contributed by atoms with Gasteiger partial charge >= 0.3 is 0 Å². The van der Waals surface area contributed by atoms with Crippen molar-refractivity contribution >= 4 is 5.91 Å². The second-order valence-electron chi connectivity index (χ2n) is 3.19. The fourth-order valence-electron chi connectivity index (χ4n) is 1.11. The average Bonchev–Trinajstić information content (AvgIpc) is 2.85. The van der Waals surface area contributed by atoms with Gasteiger partial charge in [0.05, 0.1) is 5.41 Å². The first-order chi connectivity index (χ1) is 5.75. The number of rotatable bonds is 4. The van der Waals surface area contributed by atoms with Crippen LogP contribution in [0.25, 0.3) is 0 Å². The summed E-state index contributed by atoms with van der Waals surface area (Å²) in [7, 11) is 0. The van der Waals surface area contributed by atoms with Crippen LogP contribution in [0.3, 0.4) is 0 Å². The molecule has 1 fully saturated rings. The minimum Gasteiger partial charge on any atom is -0.355 e. The van der Waals surface area contributed by atoms with Gasteiger partial charge in [-0.3, -0.25) is 4.79 Å². The predicted octanol–water partition coefficient (Wildman–Crippen LogP) is -0.135. The van der Waals surface area contributed by atoms with E-state index in [-0.39, 0.29) is 11.3 Å². The van der Waals surface area contributed by atoms with Crippen LogP contribution in [0.1, 0.15) is 19.3 Å². The van der Waals surface area contributed by atoms with Crippen LogP contribution in [0, 0.1) is 17.8 Å². The quantitative estimate of drug-likeness (QED) is 0.451. The normalized spacial score (nSPS) is 18.0. The summed E-state index contributed by atoms with van der Waals surface area (Å²) in [4.78, 5) is 11.4. The van der Waals surface area contributed by atoms with Gasteiger partial charge in [-0.25, -0.2) is 0 Å². The van der Waals surface area contributed by atoms with E-state index >= 15 is 0 Å². The molecule has 12 heavy (non-hydrogen) atoms. The largest absolute Gasteiger partial charge is 0.355 e. The summed E-state index contributed by atoms with van der Waals surface area (Å²) in [6.45, 7) is 1.02. The number of carbonyl (C=O) groups is 1. The zero-order valence-electron chi connectivity index (χ0n) is 7.10. The molecule has 0 bridgehead atoms. The van der Waals surface area contributed by atoms with Gasteiger partial charge in [-0.2, -0.15) is 0 Å². The molecule has 66 valence electrons. The van der Waals surface area contributed by atoms with Crippen molar-refractivity contribution in [2.45, 2.75) is 19.3 Å². The van der Waals surface area contributed by atoms with Gasteiger partial charge in [-0.1, -0.05) is 0 Å². The third kappa shape index (κ3) is 1.77. The van der Waals surface area contributed by atoms with Crippen LogP contribution in [0.5, 0.6) is 0 Å². The van der Waals surface area contributed by atoms with Crippen molar-refractivity contribution in [2.24, 2.45) is 11.1 Å². The first-order valence-corrected chi connectivity index (χ1v) is 4.17. The van der Waals surface area contributed by atoms with Crippen molar-refractivity contribution in [3.05, 3.63) is 0 Å². The highest BCUT2D eigenvalue weighted by Crippen LogP contribution is 2.44. The predicted molar refractivity (Wildman–Crippen MR) is 47.2 cm³/mol. The molecule has 3 N–H and O–H groups in total. The standard InChI is InChI=1S/C9H14N2O/c1-2-3-6-11-8(12)9(7-10)4-5-9/h1H,3-7,10H2,(H,11,12). The van der Waals surface area contributed by atoms with Crippen molar-refractivity contribution in [1.29, 1.82) is 0 Å². The maximum absolute atomic E-state index is 11.4. The molecular weight excluding hydrogens is 152 g/mol. The summed E-state index contributed by atoms with van der Waals surface area (Å²) in [6, 6.07) is 0. The fraction of sp³-hybridized carbons (Fsp3) is 0.667. The van der Waals surface area contributed by atoms with Gasteiger partial charge in [-0.05, 0) is 12.8 Å². The lowest BCUT2D eigenvalue weighted by atomic mass is 10.1. The van der Waals surface area contributed by atoms with Gasteiger partial charge in [0, 0.05) is 19.5 Å². The number of nitrogens with one attached hydrogen (secondary N) is 1. The topological polar surface area (TPSA) is 55.1 Å². The number of carbonyl (C=O) groups excluding carboxylic acids is 1. The molecule has 0 radical (unpaired) electrons. The molecule has 1 aliphatic carbocycles. The maximum Gasteiger partial charge on any atom is 0.227 e. The number of hydrogen-bond acceptors (Lipinski definition) is 2. The summed E-state index contributed by atoms with van der Waals surface area (Å²) >= 11 is 0. The molecule has 3 heteroatoms. The molecule has 0 unspecified atom stereocenters. The third-order valence-corrected chi connectivity index (χ3v) is 2.28. The number of amides is 1. The van der Waals surface area contributed by atoms with Crippen molar-refractivity contribution in [2.75, 3.05) is 13.1 Å². The second-order valence-corrected chi connectivity index (χ2v) is 3.19. The minimum atomic E-state index is -0.241. The number of hydrogen-bond donors (Lipinski definition) is 2. The molecule has 0 spiro atoms. The van der Waals surface area contributed by atoms with Crippen LogP contribution < -0.4 is 11.1 Å². The molecule has 1 rings (SSSR count). The monoisotopic (exact) mass is 166 g/mol. The summed E-state index contributed by atoms with van der Waals surface area (Å²) in [5, 5.41) is 2.78. The van der Waals surface area contributed by atoms with E-state index in [1.165, 1.54) is 0 Å². The zero-order valence-corrected chi connectivity index (χ0v) is 7.10. The Morgan fingerprint density at radius 2 is 2.33 bits per heavy atom. The summed E-state index contributed by atoms with van der Waals surface area (Å²) in [5.74, 6) is 2.54. The van der Waals surface area contributed by atoms with Crippen LogP contribution in [0.2, 0.25) is 0 Å². The van der Waals surface area contributed by atoms with Crippen molar-refractivity contribution < 1.29 is 4.79 Å². The molecule has 1 saturated carbocycles. The fourth-order valence-corrected chi connectivity index (χ4v) is 1.11. The molecule has 0 aliphatic heterocycles. The first kappa shape index (κ1) is 9.08. The van der Waals surface area contributed by atoms with E-state index in [2.05, 4.69) is 11.2 Å². The van der Waals surface area contributed by atoms with E-state index in [1.807, 2.05) is 0 Å². The minimum absolute atomic E-state index is 0.0697. The van der Waals surface area contributed by atoms with Crippen LogP contribution in [-0.2, 0) is 4.79 Å². The van der Waals surface area contributed by atoms with Gasteiger partial charge in [-0.15, -0.1) is 12.3 Å². The van der Waals surface area contributed by atoms with Crippen LogP contribution in [0.4, 0.5) is 0 Å². The van der Waals surface area contributed by atoms with E-state index in [9.17, 15) is 4.79 Å². The van der Waals surface area contributed by atoms with Crippen LogP contribution in [0.15, 0.2) is 0 Å². The molecular formula is C9H14N2O. The summed E-state index contributed by atoms with van der Waals surface area (Å²) < 4.78 is 0. The zero-order chi connectivity index (χ0) is 9.03. The Labute approximate surface area is 72.7 Å². The van der Waals surface area contributed by atoms with E-state index in [1.54, 1.807) is 0 Å². The highest BCUT2D eigenvalue weighted by molar-refractivity contribution is 5.85. The van der Waals surface area contributed by atoms with E-state index in [4.69, 9.17) is 12.2 Å². The molecule has 0 heterocycles. The number of nitrogens with two attached hydrogens (primary N) is 1. The van der Waals surface area contributed by atoms with Crippen LogP contribution in [-0.4, -0.2) is 19.0 Å². The maximum atomic E-state index is 11.4. The van der Waals surface area contributed by atoms with E-state index in [0.717, 1.165) is 12.8 Å². The molecule has 1 amide bonds. The molecule has 0 atom stereocenters. The molecule has 0 aromatic heterocycles. The average molecular weight is 166 g/mol. The Morgan fingerprint density at radius 1 is 1.67 bits per heavy atom. The molecule has 0 aromatic rings. The lowest BCUT2D eigenvalue weighted by molar-refractivity contribution is -0.125. The molecule has 0 saturated heterocycles. The van der Waals surface area contributed by atoms with Gasteiger partial charge in [0.2, 0.25) is 5.91 Å². The Kier molecular flexibility index (Phi) is 2.72. The summed E-state index contributed by atoms with van der Waals surface area (Å²) in [5.41, 5.74) is 5.23. The Morgan fingerprint density at radius 3 is 2.75 bits per heavy atom. The Bertz CT molecular complexity index is 213. The highest BCUT2D eigenvalue weighted by atomic mass is 16.2. The molecule has 1 aliphatic rings. The van der Waals surface area contributed by atoms with E-state index in [0.29, 0.717) is 19.5 Å². The Hall–Kier alpha value is -1.01. The third-order valence-electron chi connectivity index (χ3n) is 2.28. The summed E-state index contributed by atoms with van der Waals surface area (Å²) in [6.07, 6.45) is 7.48. The highest BCUT2D eigenvalue weighted by Gasteiger charge is 2.48. The van der Waals surface area contributed by atoms with Gasteiger partial charge in [0.15, 0.2) is 0 Å². The van der Waals surface area contributed by atoms with Gasteiger partial charge in [0.1, 0.15) is 0 Å². The van der Waals surface area contributed by atoms with Crippen molar-refractivity contribution in [1.82, 2.24) is 5.32 Å². The lowest BCUT2D eigenvalue weighted by Gasteiger charge is -2.11. The SMILES string of the molecule is C#CCCNC(=O)C1(CN)CC1. The van der Waals surface area contributed by atoms with Crippen molar-refractivity contribution in [3.8, 4) is 12.3 Å². The van der Waals surface area contributed by atoms with Crippen LogP contribution >= 0.6 is 0 Å². The smallest absolute Gasteiger partial charge is 0.227 e. The first-order valence-electron chi connectivity index (χ1n) is 4.17. The van der Waals surface area contributed by atoms with E-state index < -0.39 is 0 Å². The second kappa shape index (κ2) is 3.59. The lowest BCUT2D eigenvalue weighted by Crippen LogP contribution is -2.36. The van der Waals surface area contributed by atoms with Gasteiger partial charge < -0.3 is 11.1 Å². The molecule has 3 nitrogen and oxygen atoms in total. The van der Waals surface area contributed by atoms with Crippen molar-refractivity contribution in [3.63, 3.8) is 0 Å².